The van der Waals surface area contributed by atoms with Crippen LogP contribution in [0.15, 0.2) is 0 Å². The third-order valence-corrected chi connectivity index (χ3v) is 2.02. The second kappa shape index (κ2) is 4.05. The molecule has 0 aromatic rings. The van der Waals surface area contributed by atoms with Crippen LogP contribution in [0, 0.1) is 0 Å². The highest BCUT2D eigenvalue weighted by Gasteiger charge is 2.31. The summed E-state index contributed by atoms with van der Waals surface area (Å²) >= 11 is 0. The molecule has 13 heavy (non-hydrogen) atoms. The van der Waals surface area contributed by atoms with E-state index < -0.39 is 11.6 Å². The van der Waals surface area contributed by atoms with Crippen molar-refractivity contribution in [3.05, 3.63) is 0 Å². The minimum absolute atomic E-state index is 0.432. The fraction of sp³-hybridized carbons (Fsp3) is 0.889. The Labute approximate surface area is 77.9 Å². The summed E-state index contributed by atoms with van der Waals surface area (Å²) in [6, 6.07) is 0. The van der Waals surface area contributed by atoms with Crippen molar-refractivity contribution in [2.24, 2.45) is 0 Å². The number of amides is 1. The van der Waals surface area contributed by atoms with E-state index in [9.17, 15) is 9.18 Å². The summed E-state index contributed by atoms with van der Waals surface area (Å²) in [4.78, 5) is 13.0. The van der Waals surface area contributed by atoms with Crippen LogP contribution in [0.1, 0.15) is 20.3 Å². The van der Waals surface area contributed by atoms with Gasteiger partial charge in [0.15, 0.2) is 5.67 Å². The van der Waals surface area contributed by atoms with E-state index in [-0.39, 0.29) is 0 Å². The lowest BCUT2D eigenvalue weighted by atomic mass is 10.1. The first-order valence-electron chi connectivity index (χ1n) is 4.58. The number of ether oxygens (including phenoxy) is 1. The van der Waals surface area contributed by atoms with Gasteiger partial charge in [0.1, 0.15) is 0 Å². The lowest BCUT2D eigenvalue weighted by Gasteiger charge is -2.25. The van der Waals surface area contributed by atoms with Gasteiger partial charge in [-0.25, -0.2) is 4.39 Å². The molecule has 1 rings (SSSR count). The molecule has 0 bridgehead atoms. The highest BCUT2D eigenvalue weighted by molar-refractivity contribution is 5.84. The largest absolute Gasteiger partial charge is 0.380 e. The van der Waals surface area contributed by atoms with Crippen molar-refractivity contribution >= 4 is 5.91 Å². The zero-order valence-electron chi connectivity index (χ0n) is 8.18. The Bertz CT molecular complexity index is 181. The zero-order valence-corrected chi connectivity index (χ0v) is 8.18. The quantitative estimate of drug-likeness (QED) is 0.615. The Hall–Kier alpha value is -0.640. The van der Waals surface area contributed by atoms with Crippen molar-refractivity contribution in [3.8, 4) is 0 Å². The molecular weight excluding hydrogens is 173 g/mol. The van der Waals surface area contributed by atoms with E-state index in [1.54, 1.807) is 0 Å². The van der Waals surface area contributed by atoms with Crippen LogP contribution in [0.3, 0.4) is 0 Å². The first kappa shape index (κ1) is 10.4. The van der Waals surface area contributed by atoms with Gasteiger partial charge in [0.05, 0.1) is 6.61 Å². The Balaban J connectivity index is 2.54. The summed E-state index contributed by atoms with van der Waals surface area (Å²) in [5.74, 6) is -0.432. The molecule has 4 heteroatoms. The molecule has 1 aliphatic rings. The van der Waals surface area contributed by atoms with Gasteiger partial charge < -0.3 is 9.64 Å². The van der Waals surface area contributed by atoms with Crippen LogP contribution in [-0.2, 0) is 9.53 Å². The molecule has 0 N–H and O–H groups in total. The number of rotatable bonds is 1. The van der Waals surface area contributed by atoms with Crippen molar-refractivity contribution < 1.29 is 13.9 Å². The Morgan fingerprint density at radius 3 is 2.69 bits per heavy atom. The van der Waals surface area contributed by atoms with Crippen LogP contribution in [0.25, 0.3) is 0 Å². The van der Waals surface area contributed by atoms with Gasteiger partial charge in [0.25, 0.3) is 5.91 Å². The highest BCUT2D eigenvalue weighted by atomic mass is 19.1. The first-order valence-corrected chi connectivity index (χ1v) is 4.58. The van der Waals surface area contributed by atoms with E-state index in [0.717, 1.165) is 6.42 Å². The fourth-order valence-corrected chi connectivity index (χ4v) is 1.33. The number of nitrogens with zero attached hydrogens (tertiary/aromatic N) is 1. The predicted molar refractivity (Wildman–Crippen MR) is 47.2 cm³/mol. The molecule has 0 unspecified atom stereocenters. The second-order valence-corrected chi connectivity index (χ2v) is 3.73. The molecule has 0 aliphatic carbocycles. The molecule has 0 aromatic heterocycles. The lowest BCUT2D eigenvalue weighted by molar-refractivity contribution is -0.141. The summed E-state index contributed by atoms with van der Waals surface area (Å²) in [7, 11) is 0. The smallest absolute Gasteiger partial charge is 0.259 e. The van der Waals surface area contributed by atoms with Crippen molar-refractivity contribution in [1.82, 2.24) is 4.90 Å². The van der Waals surface area contributed by atoms with E-state index >= 15 is 0 Å². The van der Waals surface area contributed by atoms with Crippen molar-refractivity contribution in [2.45, 2.75) is 25.9 Å². The van der Waals surface area contributed by atoms with Gasteiger partial charge in [-0.2, -0.15) is 0 Å². The van der Waals surface area contributed by atoms with Crippen LogP contribution in [-0.4, -0.2) is 42.8 Å². The highest BCUT2D eigenvalue weighted by Crippen LogP contribution is 2.14. The molecular formula is C9H16FNO2. The number of hydrogen-bond acceptors (Lipinski definition) is 2. The molecule has 1 heterocycles. The fourth-order valence-electron chi connectivity index (χ4n) is 1.33. The SMILES string of the molecule is CC(C)(F)C(=O)N1CCCOCC1. The molecule has 3 nitrogen and oxygen atoms in total. The number of carbonyl (C=O) groups excluding carboxylic acids is 1. The van der Waals surface area contributed by atoms with Crippen LogP contribution >= 0.6 is 0 Å². The molecule has 0 aromatic carbocycles. The van der Waals surface area contributed by atoms with Gasteiger partial charge in [0.2, 0.25) is 0 Å². The molecule has 0 atom stereocenters. The lowest BCUT2D eigenvalue weighted by Crippen LogP contribution is -2.43. The Morgan fingerprint density at radius 2 is 2.08 bits per heavy atom. The third-order valence-electron chi connectivity index (χ3n) is 2.02. The predicted octanol–water partition coefficient (Wildman–Crippen LogP) is 0.983. The standard InChI is InChI=1S/C9H16FNO2/c1-9(2,10)8(12)11-4-3-6-13-7-5-11/h3-7H2,1-2H3. The summed E-state index contributed by atoms with van der Waals surface area (Å²) in [6.07, 6.45) is 0.793. The zero-order chi connectivity index (χ0) is 9.90. The Kier molecular flexibility index (Phi) is 3.25. The monoisotopic (exact) mass is 189 g/mol. The van der Waals surface area contributed by atoms with Crippen LogP contribution in [0.2, 0.25) is 0 Å². The van der Waals surface area contributed by atoms with Gasteiger partial charge in [-0.05, 0) is 20.3 Å². The molecule has 1 aliphatic heterocycles. The summed E-state index contributed by atoms with van der Waals surface area (Å²) < 4.78 is 18.4. The van der Waals surface area contributed by atoms with Crippen molar-refractivity contribution in [1.29, 1.82) is 0 Å². The maximum atomic E-state index is 13.3. The van der Waals surface area contributed by atoms with Gasteiger partial charge in [0, 0.05) is 19.7 Å². The Morgan fingerprint density at radius 1 is 1.38 bits per heavy atom. The normalized spacial score (nSPS) is 19.8. The van der Waals surface area contributed by atoms with Crippen molar-refractivity contribution in [3.63, 3.8) is 0 Å². The van der Waals surface area contributed by atoms with E-state index in [1.165, 1.54) is 18.7 Å². The van der Waals surface area contributed by atoms with Gasteiger partial charge >= 0.3 is 0 Å². The van der Waals surface area contributed by atoms with Crippen LogP contribution in [0.5, 0.6) is 0 Å². The minimum Gasteiger partial charge on any atom is -0.380 e. The van der Waals surface area contributed by atoms with Crippen molar-refractivity contribution in [2.75, 3.05) is 26.3 Å². The summed E-state index contributed by atoms with van der Waals surface area (Å²) in [5, 5.41) is 0. The van der Waals surface area contributed by atoms with E-state index in [1.807, 2.05) is 0 Å². The second-order valence-electron chi connectivity index (χ2n) is 3.73. The maximum absolute atomic E-state index is 13.3. The first-order chi connectivity index (χ1) is 6.02. The minimum atomic E-state index is -1.76. The van der Waals surface area contributed by atoms with E-state index in [4.69, 9.17) is 4.74 Å². The average Bonchev–Trinajstić information content (AvgIpc) is 2.28. The van der Waals surface area contributed by atoms with Crippen LogP contribution < -0.4 is 0 Å². The van der Waals surface area contributed by atoms with Crippen LogP contribution in [0.4, 0.5) is 4.39 Å². The average molecular weight is 189 g/mol. The van der Waals surface area contributed by atoms with E-state index in [0.29, 0.717) is 26.3 Å². The number of alkyl halides is 1. The third kappa shape index (κ3) is 2.95. The maximum Gasteiger partial charge on any atom is 0.259 e. The number of carbonyl (C=O) groups is 1. The van der Waals surface area contributed by atoms with Gasteiger partial charge in [-0.3, -0.25) is 4.79 Å². The van der Waals surface area contributed by atoms with Gasteiger partial charge in [-0.15, -0.1) is 0 Å². The topological polar surface area (TPSA) is 29.5 Å². The molecule has 0 spiro atoms. The number of halogens is 1. The molecule has 0 saturated carbocycles. The molecule has 76 valence electrons. The molecule has 1 saturated heterocycles. The molecule has 1 fully saturated rings. The number of hydrogen-bond donors (Lipinski definition) is 0. The van der Waals surface area contributed by atoms with E-state index in [2.05, 4.69) is 0 Å². The van der Waals surface area contributed by atoms with Gasteiger partial charge in [-0.1, -0.05) is 0 Å². The molecule has 1 amide bonds. The summed E-state index contributed by atoms with van der Waals surface area (Å²) in [5.41, 5.74) is -1.76. The molecule has 0 radical (unpaired) electrons. The summed E-state index contributed by atoms with van der Waals surface area (Å²) in [6.45, 7) is 4.87.